The van der Waals surface area contributed by atoms with Gasteiger partial charge in [-0.05, 0) is 39.0 Å². The van der Waals surface area contributed by atoms with Crippen LogP contribution in [0, 0.1) is 6.92 Å². The Morgan fingerprint density at radius 2 is 1.90 bits per heavy atom. The number of para-hydroxylation sites is 1. The number of amides is 1. The molecule has 0 bridgehead atoms. The summed E-state index contributed by atoms with van der Waals surface area (Å²) < 4.78 is 3.13. The largest absolute Gasteiger partial charge is 0.336 e. The summed E-state index contributed by atoms with van der Waals surface area (Å²) in [6, 6.07) is 10.4. The van der Waals surface area contributed by atoms with Crippen molar-refractivity contribution in [2.75, 3.05) is 26.2 Å². The number of piperazine rings is 1. The van der Waals surface area contributed by atoms with Crippen LogP contribution in [0.5, 0.6) is 0 Å². The van der Waals surface area contributed by atoms with Crippen LogP contribution in [0.3, 0.4) is 0 Å². The van der Waals surface area contributed by atoms with Crippen LogP contribution in [-0.2, 0) is 6.54 Å². The molecule has 3 aromatic heterocycles. The van der Waals surface area contributed by atoms with E-state index in [9.17, 15) is 4.79 Å². The minimum atomic E-state index is 0.0591. The molecule has 1 amide bonds. The van der Waals surface area contributed by atoms with E-state index >= 15 is 0 Å². The number of fused-ring (bicyclic) bond motifs is 2. The van der Waals surface area contributed by atoms with Crippen molar-refractivity contribution < 1.29 is 4.79 Å². The average molecular weight is 435 g/mol. The number of pyridine rings is 1. The van der Waals surface area contributed by atoms with Gasteiger partial charge in [0.25, 0.3) is 5.91 Å². The fraction of sp³-hybridized carbons (Fsp3) is 0.391. The number of thiazole rings is 1. The topological polar surface area (TPSA) is 67.2 Å². The molecule has 8 heteroatoms. The summed E-state index contributed by atoms with van der Waals surface area (Å²) in [7, 11) is 0. The first kappa shape index (κ1) is 20.1. The molecule has 4 aromatic rings. The fourth-order valence-corrected chi connectivity index (χ4v) is 5.13. The van der Waals surface area contributed by atoms with Crippen molar-refractivity contribution >= 4 is 38.5 Å². The van der Waals surface area contributed by atoms with Crippen molar-refractivity contribution in [3.8, 4) is 0 Å². The van der Waals surface area contributed by atoms with Crippen LogP contribution in [0.25, 0.3) is 21.3 Å². The molecule has 4 heterocycles. The van der Waals surface area contributed by atoms with E-state index in [2.05, 4.69) is 42.0 Å². The monoisotopic (exact) mass is 434 g/mol. The smallest absolute Gasteiger partial charge is 0.255 e. The summed E-state index contributed by atoms with van der Waals surface area (Å²) >= 11 is 1.75. The van der Waals surface area contributed by atoms with Gasteiger partial charge in [-0.25, -0.2) is 14.6 Å². The molecule has 1 aromatic carbocycles. The van der Waals surface area contributed by atoms with Gasteiger partial charge < -0.3 is 4.90 Å². The van der Waals surface area contributed by atoms with Gasteiger partial charge in [-0.1, -0.05) is 12.1 Å². The highest BCUT2D eigenvalue weighted by molar-refractivity contribution is 7.18. The first-order chi connectivity index (χ1) is 15.0. The molecule has 0 radical (unpaired) electrons. The number of rotatable bonds is 4. The fourth-order valence-electron chi connectivity index (χ4n) is 4.12. The van der Waals surface area contributed by atoms with E-state index in [1.807, 2.05) is 28.6 Å². The Kier molecular flexibility index (Phi) is 5.19. The maximum absolute atomic E-state index is 13.2. The molecular weight excluding hydrogens is 408 g/mol. The van der Waals surface area contributed by atoms with Crippen molar-refractivity contribution in [3.05, 3.63) is 52.8 Å². The van der Waals surface area contributed by atoms with Crippen LogP contribution in [-0.4, -0.2) is 61.6 Å². The predicted molar refractivity (Wildman–Crippen MR) is 123 cm³/mol. The zero-order chi connectivity index (χ0) is 21.5. The van der Waals surface area contributed by atoms with Crippen LogP contribution in [0.4, 0.5) is 0 Å². The molecule has 1 fully saturated rings. The van der Waals surface area contributed by atoms with Gasteiger partial charge in [0, 0.05) is 37.6 Å². The van der Waals surface area contributed by atoms with E-state index in [0.29, 0.717) is 18.7 Å². The second-order valence-electron chi connectivity index (χ2n) is 8.36. The van der Waals surface area contributed by atoms with Crippen molar-refractivity contribution in [1.29, 1.82) is 0 Å². The average Bonchev–Trinajstić information content (AvgIpc) is 3.36. The minimum Gasteiger partial charge on any atom is -0.336 e. The van der Waals surface area contributed by atoms with Gasteiger partial charge in [0.1, 0.15) is 5.01 Å². The van der Waals surface area contributed by atoms with Crippen molar-refractivity contribution in [2.45, 2.75) is 33.4 Å². The van der Waals surface area contributed by atoms with Gasteiger partial charge in [0.15, 0.2) is 5.65 Å². The lowest BCUT2D eigenvalue weighted by Crippen LogP contribution is -2.48. The molecule has 7 nitrogen and oxygen atoms in total. The number of carbonyl (C=O) groups excluding carboxylic acids is 1. The van der Waals surface area contributed by atoms with Gasteiger partial charge in [-0.3, -0.25) is 9.69 Å². The predicted octanol–water partition coefficient (Wildman–Crippen LogP) is 3.89. The van der Waals surface area contributed by atoms with Crippen molar-refractivity contribution in [1.82, 2.24) is 29.5 Å². The van der Waals surface area contributed by atoms with E-state index in [1.165, 1.54) is 4.70 Å². The molecule has 0 unspecified atom stereocenters. The maximum Gasteiger partial charge on any atom is 0.255 e. The van der Waals surface area contributed by atoms with E-state index < -0.39 is 0 Å². The second-order valence-corrected chi connectivity index (χ2v) is 9.48. The first-order valence-electron chi connectivity index (χ1n) is 10.7. The molecule has 0 spiro atoms. The number of nitrogens with zero attached hydrogens (tertiary/aromatic N) is 6. The molecule has 1 aliphatic rings. The van der Waals surface area contributed by atoms with Gasteiger partial charge >= 0.3 is 0 Å². The normalized spacial score (nSPS) is 15.4. The first-order valence-corrected chi connectivity index (χ1v) is 11.5. The number of carbonyl (C=O) groups is 1. The SMILES string of the molecule is Cc1nc2c(cnn2C(C)C)cc1C(=O)N1CCN(Cc2nc3ccccc3s2)CC1. The van der Waals surface area contributed by atoms with E-state index in [4.69, 9.17) is 9.97 Å². The van der Waals surface area contributed by atoms with Gasteiger partial charge in [-0.15, -0.1) is 11.3 Å². The molecule has 5 rings (SSSR count). The van der Waals surface area contributed by atoms with Gasteiger partial charge in [0.2, 0.25) is 0 Å². The lowest BCUT2D eigenvalue weighted by atomic mass is 10.1. The number of aryl methyl sites for hydroxylation is 1. The van der Waals surface area contributed by atoms with Crippen molar-refractivity contribution in [2.24, 2.45) is 0 Å². The van der Waals surface area contributed by atoms with E-state index in [-0.39, 0.29) is 11.9 Å². The third kappa shape index (κ3) is 3.81. The lowest BCUT2D eigenvalue weighted by molar-refractivity contribution is 0.0627. The number of aromatic nitrogens is 4. The summed E-state index contributed by atoms with van der Waals surface area (Å²) in [6.45, 7) is 10.0. The molecular formula is C23H26N6OS. The van der Waals surface area contributed by atoms with Gasteiger partial charge in [-0.2, -0.15) is 5.10 Å². The standard InChI is InChI=1S/C23H26N6OS/c1-15(2)29-22-17(13-24-29)12-18(16(3)25-22)23(30)28-10-8-27(9-11-28)14-21-26-19-6-4-5-7-20(19)31-21/h4-7,12-13,15H,8-11,14H2,1-3H3. The highest BCUT2D eigenvalue weighted by Crippen LogP contribution is 2.24. The molecule has 160 valence electrons. The number of hydrogen-bond donors (Lipinski definition) is 0. The van der Waals surface area contributed by atoms with Crippen LogP contribution >= 0.6 is 11.3 Å². The molecule has 0 atom stereocenters. The highest BCUT2D eigenvalue weighted by Gasteiger charge is 2.25. The number of hydrogen-bond acceptors (Lipinski definition) is 6. The Balaban J connectivity index is 1.27. The Morgan fingerprint density at radius 1 is 1.13 bits per heavy atom. The van der Waals surface area contributed by atoms with Crippen LogP contribution in [0.1, 0.15) is 40.9 Å². The third-order valence-electron chi connectivity index (χ3n) is 5.84. The summed E-state index contributed by atoms with van der Waals surface area (Å²) in [6.07, 6.45) is 1.80. The van der Waals surface area contributed by atoms with Crippen LogP contribution in [0.2, 0.25) is 0 Å². The highest BCUT2D eigenvalue weighted by atomic mass is 32.1. The Morgan fingerprint density at radius 3 is 2.65 bits per heavy atom. The quantitative estimate of drug-likeness (QED) is 0.488. The third-order valence-corrected chi connectivity index (χ3v) is 6.86. The number of benzene rings is 1. The summed E-state index contributed by atoms with van der Waals surface area (Å²) in [5, 5.41) is 6.48. The molecule has 1 saturated heterocycles. The lowest BCUT2D eigenvalue weighted by Gasteiger charge is -2.34. The van der Waals surface area contributed by atoms with Crippen LogP contribution in [0.15, 0.2) is 36.5 Å². The second kappa shape index (κ2) is 8.01. The summed E-state index contributed by atoms with van der Waals surface area (Å²) in [5.74, 6) is 0.0591. The molecule has 0 N–H and O–H groups in total. The Bertz CT molecular complexity index is 1220. The summed E-state index contributed by atoms with van der Waals surface area (Å²) in [4.78, 5) is 27.0. The Labute approximate surface area is 185 Å². The maximum atomic E-state index is 13.2. The zero-order valence-corrected chi connectivity index (χ0v) is 18.9. The van der Waals surface area contributed by atoms with E-state index in [0.717, 1.165) is 46.9 Å². The molecule has 1 aliphatic heterocycles. The minimum absolute atomic E-state index is 0.0591. The Hall–Kier alpha value is -2.84. The summed E-state index contributed by atoms with van der Waals surface area (Å²) in [5.41, 5.74) is 3.34. The van der Waals surface area contributed by atoms with Crippen molar-refractivity contribution in [3.63, 3.8) is 0 Å². The molecule has 0 saturated carbocycles. The van der Waals surface area contributed by atoms with Gasteiger partial charge in [0.05, 0.1) is 34.2 Å². The van der Waals surface area contributed by atoms with Crippen LogP contribution < -0.4 is 0 Å². The zero-order valence-electron chi connectivity index (χ0n) is 18.1. The van der Waals surface area contributed by atoms with E-state index in [1.54, 1.807) is 17.5 Å². The molecule has 0 aliphatic carbocycles. The molecule has 31 heavy (non-hydrogen) atoms.